The van der Waals surface area contributed by atoms with Crippen LogP contribution in [0.5, 0.6) is 0 Å². The third-order valence-electron chi connectivity index (χ3n) is 2.82. The van der Waals surface area contributed by atoms with E-state index in [1.54, 1.807) is 0 Å². The van der Waals surface area contributed by atoms with Gasteiger partial charge in [0, 0.05) is 26.1 Å². The van der Waals surface area contributed by atoms with Crippen molar-refractivity contribution in [3.8, 4) is 0 Å². The van der Waals surface area contributed by atoms with Crippen LogP contribution < -0.4 is 5.73 Å². The predicted octanol–water partition coefficient (Wildman–Crippen LogP) is 0.354. The summed E-state index contributed by atoms with van der Waals surface area (Å²) in [6.45, 7) is 6.35. The van der Waals surface area contributed by atoms with Crippen molar-refractivity contribution in [3.63, 3.8) is 0 Å². The van der Waals surface area contributed by atoms with Gasteiger partial charge in [-0.15, -0.1) is 0 Å². The molecule has 0 saturated carbocycles. The largest absolute Gasteiger partial charge is 0.367 e. The molecule has 1 unspecified atom stereocenters. The van der Waals surface area contributed by atoms with Gasteiger partial charge in [-0.05, 0) is 13.0 Å². The Morgan fingerprint density at radius 2 is 2.41 bits per heavy atom. The van der Waals surface area contributed by atoms with Crippen molar-refractivity contribution >= 4 is 0 Å². The van der Waals surface area contributed by atoms with Crippen molar-refractivity contribution < 1.29 is 9.26 Å². The van der Waals surface area contributed by atoms with Crippen molar-refractivity contribution in [3.05, 3.63) is 11.7 Å². The van der Waals surface area contributed by atoms with Gasteiger partial charge in [0.05, 0.1) is 6.61 Å². The zero-order valence-corrected chi connectivity index (χ0v) is 10.3. The molecule has 2 heterocycles. The van der Waals surface area contributed by atoms with E-state index >= 15 is 0 Å². The molecule has 0 aliphatic carbocycles. The zero-order chi connectivity index (χ0) is 12.1. The first-order chi connectivity index (χ1) is 8.33. The van der Waals surface area contributed by atoms with E-state index in [1.165, 1.54) is 0 Å². The zero-order valence-electron chi connectivity index (χ0n) is 10.3. The van der Waals surface area contributed by atoms with Crippen LogP contribution in [0.2, 0.25) is 0 Å². The molecule has 6 heteroatoms. The minimum Gasteiger partial charge on any atom is -0.367 e. The van der Waals surface area contributed by atoms with Gasteiger partial charge in [-0.25, -0.2) is 0 Å². The predicted molar refractivity (Wildman–Crippen MR) is 62.5 cm³/mol. The highest BCUT2D eigenvalue weighted by molar-refractivity contribution is 4.94. The fourth-order valence-corrected chi connectivity index (χ4v) is 2.00. The molecule has 1 fully saturated rings. The monoisotopic (exact) mass is 240 g/mol. The normalized spacial score (nSPS) is 21.9. The van der Waals surface area contributed by atoms with Gasteiger partial charge in [0.15, 0.2) is 0 Å². The molecule has 0 bridgehead atoms. The summed E-state index contributed by atoms with van der Waals surface area (Å²) >= 11 is 0. The van der Waals surface area contributed by atoms with Crippen LogP contribution in [-0.4, -0.2) is 47.8 Å². The summed E-state index contributed by atoms with van der Waals surface area (Å²) in [5, 5.41) is 3.96. The number of nitrogens with zero attached hydrogens (tertiary/aromatic N) is 3. The van der Waals surface area contributed by atoms with Gasteiger partial charge in [0.1, 0.15) is 6.10 Å². The van der Waals surface area contributed by atoms with Gasteiger partial charge in [0.2, 0.25) is 11.7 Å². The summed E-state index contributed by atoms with van der Waals surface area (Å²) in [6.07, 6.45) is 1.71. The highest BCUT2D eigenvalue weighted by Crippen LogP contribution is 2.19. The molecule has 1 atom stereocenters. The molecule has 1 aliphatic heterocycles. The highest BCUT2D eigenvalue weighted by atomic mass is 16.5. The fraction of sp³-hybridized carbons (Fsp3) is 0.818. The second-order valence-corrected chi connectivity index (χ2v) is 4.25. The average Bonchev–Trinajstić information content (AvgIpc) is 2.79. The molecule has 2 N–H and O–H groups in total. The summed E-state index contributed by atoms with van der Waals surface area (Å²) in [4.78, 5) is 6.68. The minimum atomic E-state index is -0.0643. The summed E-state index contributed by atoms with van der Waals surface area (Å²) in [6, 6.07) is 0. The third-order valence-corrected chi connectivity index (χ3v) is 2.82. The third kappa shape index (κ3) is 3.24. The van der Waals surface area contributed by atoms with E-state index in [2.05, 4.69) is 22.0 Å². The van der Waals surface area contributed by atoms with Crippen LogP contribution in [0.1, 0.15) is 31.2 Å². The Hall–Kier alpha value is -0.980. The second kappa shape index (κ2) is 6.09. The molecule has 0 aromatic carbocycles. The number of morpholine rings is 1. The van der Waals surface area contributed by atoms with Gasteiger partial charge < -0.3 is 15.0 Å². The van der Waals surface area contributed by atoms with E-state index in [0.717, 1.165) is 32.7 Å². The van der Waals surface area contributed by atoms with Crippen molar-refractivity contribution in [1.82, 2.24) is 15.0 Å². The van der Waals surface area contributed by atoms with Crippen LogP contribution in [0.3, 0.4) is 0 Å². The molecule has 1 aromatic rings. The summed E-state index contributed by atoms with van der Waals surface area (Å²) in [5.74, 6) is 1.24. The first-order valence-corrected chi connectivity index (χ1v) is 6.20. The quantitative estimate of drug-likeness (QED) is 0.800. The standard InChI is InChI=1S/C11H20N4O2/c1-2-5-15-6-7-16-9(8-15)11-13-10(3-4-12)17-14-11/h9H,2-8,12H2,1H3. The van der Waals surface area contributed by atoms with E-state index in [0.29, 0.717) is 24.7 Å². The molecule has 17 heavy (non-hydrogen) atoms. The highest BCUT2D eigenvalue weighted by Gasteiger charge is 2.25. The number of ether oxygens (including phenoxy) is 1. The molecule has 6 nitrogen and oxygen atoms in total. The SMILES string of the molecule is CCCN1CCOC(c2noc(CCN)n2)C1. The number of rotatable bonds is 5. The molecule has 1 aliphatic rings. The molecule has 2 rings (SSSR count). The Morgan fingerprint density at radius 1 is 1.53 bits per heavy atom. The second-order valence-electron chi connectivity index (χ2n) is 4.25. The number of aromatic nitrogens is 2. The van der Waals surface area contributed by atoms with Gasteiger partial charge >= 0.3 is 0 Å². The van der Waals surface area contributed by atoms with Crippen molar-refractivity contribution in [2.24, 2.45) is 5.73 Å². The van der Waals surface area contributed by atoms with Gasteiger partial charge in [0.25, 0.3) is 0 Å². The Bertz CT molecular complexity index is 340. The van der Waals surface area contributed by atoms with Gasteiger partial charge in [-0.3, -0.25) is 4.90 Å². The lowest BCUT2D eigenvalue weighted by Crippen LogP contribution is -2.39. The molecule has 0 spiro atoms. The lowest BCUT2D eigenvalue weighted by molar-refractivity contribution is -0.0350. The Balaban J connectivity index is 1.95. The van der Waals surface area contributed by atoms with E-state index in [4.69, 9.17) is 15.0 Å². The minimum absolute atomic E-state index is 0.0643. The fourth-order valence-electron chi connectivity index (χ4n) is 2.00. The van der Waals surface area contributed by atoms with Crippen LogP contribution in [0.4, 0.5) is 0 Å². The van der Waals surface area contributed by atoms with E-state index in [9.17, 15) is 0 Å². The molecule has 0 radical (unpaired) electrons. The van der Waals surface area contributed by atoms with Crippen LogP contribution >= 0.6 is 0 Å². The smallest absolute Gasteiger partial charge is 0.228 e. The molecule has 96 valence electrons. The Labute approximate surface area is 101 Å². The molecule has 1 saturated heterocycles. The summed E-state index contributed by atoms with van der Waals surface area (Å²) in [5.41, 5.74) is 5.44. The first-order valence-electron chi connectivity index (χ1n) is 6.20. The van der Waals surface area contributed by atoms with Crippen LogP contribution in [-0.2, 0) is 11.2 Å². The van der Waals surface area contributed by atoms with E-state index in [1.807, 2.05) is 0 Å². The lowest BCUT2D eigenvalue weighted by atomic mass is 10.2. The molecule has 1 aromatic heterocycles. The maximum atomic E-state index is 5.67. The van der Waals surface area contributed by atoms with E-state index in [-0.39, 0.29) is 6.10 Å². The van der Waals surface area contributed by atoms with Gasteiger partial charge in [-0.1, -0.05) is 12.1 Å². The summed E-state index contributed by atoms with van der Waals surface area (Å²) < 4.78 is 10.8. The number of nitrogens with two attached hydrogens (primary N) is 1. The number of hydrogen-bond acceptors (Lipinski definition) is 6. The maximum Gasteiger partial charge on any atom is 0.228 e. The van der Waals surface area contributed by atoms with E-state index < -0.39 is 0 Å². The van der Waals surface area contributed by atoms with Crippen LogP contribution in [0.25, 0.3) is 0 Å². The molecule has 0 amide bonds. The van der Waals surface area contributed by atoms with Gasteiger partial charge in [-0.2, -0.15) is 4.98 Å². The average molecular weight is 240 g/mol. The van der Waals surface area contributed by atoms with Crippen molar-refractivity contribution in [2.75, 3.05) is 32.8 Å². The van der Waals surface area contributed by atoms with Crippen molar-refractivity contribution in [2.45, 2.75) is 25.9 Å². The first kappa shape index (κ1) is 12.5. The van der Waals surface area contributed by atoms with Crippen LogP contribution in [0.15, 0.2) is 4.52 Å². The maximum absolute atomic E-state index is 5.67. The number of hydrogen-bond donors (Lipinski definition) is 1. The Morgan fingerprint density at radius 3 is 3.18 bits per heavy atom. The molecular formula is C11H20N4O2. The Kier molecular flexibility index (Phi) is 4.47. The summed E-state index contributed by atoms with van der Waals surface area (Å²) in [7, 11) is 0. The molecular weight excluding hydrogens is 220 g/mol. The topological polar surface area (TPSA) is 77.4 Å². The van der Waals surface area contributed by atoms with Crippen molar-refractivity contribution in [1.29, 1.82) is 0 Å². The lowest BCUT2D eigenvalue weighted by Gasteiger charge is -2.30. The van der Waals surface area contributed by atoms with Crippen LogP contribution in [0, 0.1) is 0 Å².